The van der Waals surface area contributed by atoms with Crippen LogP contribution in [0.5, 0.6) is 0 Å². The molecule has 0 saturated carbocycles. The van der Waals surface area contributed by atoms with Crippen LogP contribution in [-0.4, -0.2) is 8.42 Å². The van der Waals surface area contributed by atoms with Gasteiger partial charge >= 0.3 is 0 Å². The maximum atomic E-state index is 12.5. The number of rotatable bonds is 8. The number of hydrogen-bond acceptors (Lipinski definition) is 4. The summed E-state index contributed by atoms with van der Waals surface area (Å²) in [6.07, 6.45) is 0. The van der Waals surface area contributed by atoms with Crippen LogP contribution in [0.25, 0.3) is 0 Å². The molecule has 26 heavy (non-hydrogen) atoms. The van der Waals surface area contributed by atoms with Gasteiger partial charge in [0.2, 0.25) is 0 Å². The molecule has 5 heteroatoms. The van der Waals surface area contributed by atoms with Crippen molar-refractivity contribution >= 4 is 31.4 Å². The van der Waals surface area contributed by atoms with Crippen molar-refractivity contribution in [2.45, 2.75) is 22.2 Å². The molecule has 0 amide bonds. The summed E-state index contributed by atoms with van der Waals surface area (Å²) in [5.74, 6) is 1.07. The Hall–Kier alpha value is -1.69. The zero-order valence-corrected chi connectivity index (χ0v) is 16.7. The first-order valence-corrected chi connectivity index (χ1v) is 12.4. The van der Waals surface area contributed by atoms with Crippen molar-refractivity contribution in [2.75, 3.05) is 0 Å². The Morgan fingerprint density at radius 3 is 1.92 bits per heavy atom. The second kappa shape index (κ2) is 9.31. The molecule has 0 saturated heterocycles. The van der Waals surface area contributed by atoms with Crippen LogP contribution in [0, 0.1) is 0 Å². The van der Waals surface area contributed by atoms with E-state index < -0.39 is 9.84 Å². The van der Waals surface area contributed by atoms with E-state index in [9.17, 15) is 8.42 Å². The lowest BCUT2D eigenvalue weighted by Crippen LogP contribution is -2.07. The fourth-order valence-corrected chi connectivity index (χ4v) is 6.21. The molecule has 0 radical (unpaired) electrons. The molecule has 0 aromatic heterocycles. The molecule has 3 rings (SSSR count). The number of hydrogen-bond donors (Lipinski definition) is 0. The summed E-state index contributed by atoms with van der Waals surface area (Å²) in [5.41, 5.74) is 2.95. The topological polar surface area (TPSA) is 34.1 Å². The molecule has 2 nitrogen and oxygen atoms in total. The molecule has 0 spiro atoms. The second-order valence-electron chi connectivity index (χ2n) is 6.00. The maximum absolute atomic E-state index is 12.5. The molecule has 0 bridgehead atoms. The van der Waals surface area contributed by atoms with Crippen LogP contribution >= 0.6 is 21.6 Å². The van der Waals surface area contributed by atoms with Gasteiger partial charge in [0, 0.05) is 10.6 Å². The van der Waals surface area contributed by atoms with Gasteiger partial charge in [-0.05, 0) is 28.8 Å². The van der Waals surface area contributed by atoms with Crippen LogP contribution in [0.4, 0.5) is 0 Å². The summed E-state index contributed by atoms with van der Waals surface area (Å²) >= 11 is 0. The summed E-state index contributed by atoms with van der Waals surface area (Å²) in [6.45, 7) is 0. The van der Waals surface area contributed by atoms with Gasteiger partial charge in [0.15, 0.2) is 9.84 Å². The van der Waals surface area contributed by atoms with E-state index in [0.29, 0.717) is 0 Å². The van der Waals surface area contributed by atoms with Crippen LogP contribution in [0.15, 0.2) is 89.8 Å². The van der Waals surface area contributed by atoms with Gasteiger partial charge in [0.05, 0.1) is 11.5 Å². The molecule has 0 fully saturated rings. The molecule has 0 N–H and O–H groups in total. The predicted molar refractivity (Wildman–Crippen MR) is 113 cm³/mol. The van der Waals surface area contributed by atoms with Gasteiger partial charge in [0.1, 0.15) is 0 Å². The highest BCUT2D eigenvalue weighted by Crippen LogP contribution is 2.34. The molecular weight excluding hydrogens is 380 g/mol. The van der Waals surface area contributed by atoms with Gasteiger partial charge < -0.3 is 0 Å². The van der Waals surface area contributed by atoms with Gasteiger partial charge in [-0.2, -0.15) is 0 Å². The molecule has 0 unspecified atom stereocenters. The first kappa shape index (κ1) is 19.1. The molecule has 3 aromatic carbocycles. The predicted octanol–water partition coefficient (Wildman–Crippen LogP) is 5.74. The summed E-state index contributed by atoms with van der Waals surface area (Å²) < 4.78 is 24.9. The van der Waals surface area contributed by atoms with E-state index in [-0.39, 0.29) is 11.5 Å². The van der Waals surface area contributed by atoms with E-state index in [1.54, 1.807) is 21.6 Å². The highest BCUT2D eigenvalue weighted by molar-refractivity contribution is 8.76. The van der Waals surface area contributed by atoms with Crippen molar-refractivity contribution < 1.29 is 8.42 Å². The van der Waals surface area contributed by atoms with Gasteiger partial charge in [-0.1, -0.05) is 94.4 Å². The van der Waals surface area contributed by atoms with E-state index in [1.807, 2.05) is 72.8 Å². The molecule has 0 atom stereocenters. The highest BCUT2D eigenvalue weighted by Gasteiger charge is 2.13. The van der Waals surface area contributed by atoms with Crippen molar-refractivity contribution in [1.82, 2.24) is 0 Å². The normalized spacial score (nSPS) is 11.4. The Kier molecular flexibility index (Phi) is 6.83. The van der Waals surface area contributed by atoms with Crippen molar-refractivity contribution in [1.29, 1.82) is 0 Å². The molecule has 3 aromatic rings. The largest absolute Gasteiger partial charge is 0.228 e. The molecule has 0 aliphatic rings. The third-order valence-electron chi connectivity index (χ3n) is 3.74. The van der Waals surface area contributed by atoms with Gasteiger partial charge in [0.25, 0.3) is 0 Å². The maximum Gasteiger partial charge on any atom is 0.158 e. The van der Waals surface area contributed by atoms with Gasteiger partial charge in [-0.15, -0.1) is 0 Å². The fourth-order valence-electron chi connectivity index (χ4n) is 2.56. The third-order valence-corrected chi connectivity index (χ3v) is 7.58. The van der Waals surface area contributed by atoms with Crippen LogP contribution in [0.3, 0.4) is 0 Å². The van der Waals surface area contributed by atoms with Crippen LogP contribution < -0.4 is 0 Å². The van der Waals surface area contributed by atoms with Gasteiger partial charge in [-0.3, -0.25) is 0 Å². The summed E-state index contributed by atoms with van der Waals surface area (Å²) in [5, 5.41) is 0. The molecule has 134 valence electrons. The highest BCUT2D eigenvalue weighted by atomic mass is 33.1. The quantitative estimate of drug-likeness (QED) is 0.451. The SMILES string of the molecule is O=S(=O)(Cc1ccccc1)Cc1cccc(SSCc2ccccc2)c1. The Bertz CT molecular complexity index is 924. The average molecular weight is 401 g/mol. The Balaban J connectivity index is 1.58. The van der Waals surface area contributed by atoms with Crippen LogP contribution in [-0.2, 0) is 27.1 Å². The Labute approximate surface area is 163 Å². The van der Waals surface area contributed by atoms with E-state index in [4.69, 9.17) is 0 Å². The standard InChI is InChI=1S/C21H20O2S3/c22-26(23,16-19-10-5-2-6-11-19)17-20-12-7-13-21(14-20)25-24-15-18-8-3-1-4-9-18/h1-14H,15-17H2. The zero-order valence-electron chi connectivity index (χ0n) is 14.2. The van der Waals surface area contributed by atoms with Crippen molar-refractivity contribution in [3.8, 4) is 0 Å². The smallest absolute Gasteiger partial charge is 0.158 e. The van der Waals surface area contributed by atoms with Crippen molar-refractivity contribution in [3.63, 3.8) is 0 Å². The minimum absolute atomic E-state index is 0.0691. The summed E-state index contributed by atoms with van der Waals surface area (Å²) in [7, 11) is 0.253. The number of benzene rings is 3. The number of sulfone groups is 1. The first-order chi connectivity index (χ1) is 12.6. The Morgan fingerprint density at radius 2 is 1.23 bits per heavy atom. The molecule has 0 aliphatic carbocycles. The van der Waals surface area contributed by atoms with E-state index in [2.05, 4.69) is 12.1 Å². The van der Waals surface area contributed by atoms with Crippen molar-refractivity contribution in [2.24, 2.45) is 0 Å². The van der Waals surface area contributed by atoms with Crippen LogP contribution in [0.2, 0.25) is 0 Å². The average Bonchev–Trinajstić information content (AvgIpc) is 2.63. The summed E-state index contributed by atoms with van der Waals surface area (Å²) in [4.78, 5) is 1.08. The van der Waals surface area contributed by atoms with Crippen LogP contribution in [0.1, 0.15) is 16.7 Å². The summed E-state index contributed by atoms with van der Waals surface area (Å²) in [6, 6.07) is 27.5. The molecule has 0 heterocycles. The monoisotopic (exact) mass is 400 g/mol. The van der Waals surface area contributed by atoms with Gasteiger partial charge in [-0.25, -0.2) is 8.42 Å². The van der Waals surface area contributed by atoms with E-state index >= 15 is 0 Å². The molecule has 0 aliphatic heterocycles. The molecular formula is C21H20O2S3. The lowest BCUT2D eigenvalue weighted by molar-refractivity contribution is 0.594. The lowest BCUT2D eigenvalue weighted by Gasteiger charge is -2.07. The minimum Gasteiger partial charge on any atom is -0.228 e. The fraction of sp³-hybridized carbons (Fsp3) is 0.143. The second-order valence-corrected chi connectivity index (χ2v) is 10.4. The zero-order chi connectivity index (χ0) is 18.2. The van der Waals surface area contributed by atoms with E-state index in [0.717, 1.165) is 21.8 Å². The third kappa shape index (κ3) is 6.24. The minimum atomic E-state index is -3.18. The lowest BCUT2D eigenvalue weighted by atomic mass is 10.2. The van der Waals surface area contributed by atoms with E-state index in [1.165, 1.54) is 5.56 Å². The van der Waals surface area contributed by atoms with Crippen molar-refractivity contribution in [3.05, 3.63) is 102 Å². The Morgan fingerprint density at radius 1 is 0.654 bits per heavy atom. The first-order valence-electron chi connectivity index (χ1n) is 8.27.